The van der Waals surface area contributed by atoms with Gasteiger partial charge in [0.2, 0.25) is 0 Å². The predicted molar refractivity (Wildman–Crippen MR) is 66.9 cm³/mol. The molecule has 0 heterocycles. The number of benzene rings is 2. The van der Waals surface area contributed by atoms with Crippen molar-refractivity contribution < 1.29 is 17.9 Å². The van der Waals surface area contributed by atoms with Gasteiger partial charge in [0.05, 0.1) is 0 Å². The Morgan fingerprint density at radius 2 is 1.37 bits per heavy atom. The fourth-order valence-electron chi connectivity index (χ4n) is 1.65. The summed E-state index contributed by atoms with van der Waals surface area (Å²) in [7, 11) is 0. The van der Waals surface area contributed by atoms with Crippen molar-refractivity contribution in [1.29, 1.82) is 0 Å². The van der Waals surface area contributed by atoms with Crippen molar-refractivity contribution in [2.24, 2.45) is 0 Å². The maximum Gasteiger partial charge on any atom is 0.194 e. The third-order valence-corrected chi connectivity index (χ3v) is 2.74. The average Bonchev–Trinajstić information content (AvgIpc) is 2.36. The maximum absolute atomic E-state index is 13.0. The lowest BCUT2D eigenvalue weighted by molar-refractivity contribution is 0.423. The van der Waals surface area contributed by atoms with Crippen LogP contribution >= 0.6 is 0 Å². The monoisotopic (exact) mass is 266 g/mol. The summed E-state index contributed by atoms with van der Waals surface area (Å²) in [4.78, 5) is 0. The van der Waals surface area contributed by atoms with Crippen LogP contribution in [-0.4, -0.2) is 0 Å². The molecule has 4 heteroatoms. The molecule has 0 aliphatic heterocycles. The minimum atomic E-state index is -1.50. The van der Waals surface area contributed by atoms with E-state index in [4.69, 9.17) is 4.74 Å². The van der Waals surface area contributed by atoms with E-state index in [0.29, 0.717) is 11.7 Å². The first-order chi connectivity index (χ1) is 8.97. The molecule has 0 saturated carbocycles. The van der Waals surface area contributed by atoms with Gasteiger partial charge < -0.3 is 4.74 Å². The van der Waals surface area contributed by atoms with Crippen LogP contribution in [0.5, 0.6) is 11.5 Å². The van der Waals surface area contributed by atoms with Crippen molar-refractivity contribution in [1.82, 2.24) is 0 Å². The van der Waals surface area contributed by atoms with Gasteiger partial charge in [0, 0.05) is 12.1 Å². The van der Waals surface area contributed by atoms with E-state index in [9.17, 15) is 13.2 Å². The molecule has 2 rings (SSSR count). The molecule has 0 bridgehead atoms. The van der Waals surface area contributed by atoms with Gasteiger partial charge in [0.25, 0.3) is 0 Å². The standard InChI is InChI=1S/C15H13F3O/c1-9(2)10-3-5-11(6-4-10)19-12-7-13(16)15(18)14(17)8-12/h3-9H,1-2H3. The molecule has 0 aromatic heterocycles. The van der Waals surface area contributed by atoms with Gasteiger partial charge in [-0.05, 0) is 23.6 Å². The van der Waals surface area contributed by atoms with E-state index in [2.05, 4.69) is 13.8 Å². The van der Waals surface area contributed by atoms with Crippen LogP contribution < -0.4 is 4.74 Å². The first-order valence-corrected chi connectivity index (χ1v) is 5.89. The van der Waals surface area contributed by atoms with Crippen molar-refractivity contribution >= 4 is 0 Å². The van der Waals surface area contributed by atoms with Crippen LogP contribution in [-0.2, 0) is 0 Å². The summed E-state index contributed by atoms with van der Waals surface area (Å²) in [6.45, 7) is 4.11. The van der Waals surface area contributed by atoms with Crippen molar-refractivity contribution in [3.05, 3.63) is 59.4 Å². The van der Waals surface area contributed by atoms with Gasteiger partial charge in [-0.3, -0.25) is 0 Å². The molecule has 1 nitrogen and oxygen atoms in total. The first-order valence-electron chi connectivity index (χ1n) is 5.89. The maximum atomic E-state index is 13.0. The van der Waals surface area contributed by atoms with Gasteiger partial charge in [-0.25, -0.2) is 13.2 Å². The third kappa shape index (κ3) is 3.08. The second-order valence-corrected chi connectivity index (χ2v) is 4.53. The Hall–Kier alpha value is -1.97. The number of ether oxygens (including phenoxy) is 1. The zero-order valence-electron chi connectivity index (χ0n) is 10.6. The van der Waals surface area contributed by atoms with Crippen molar-refractivity contribution in [3.8, 4) is 11.5 Å². The Bertz CT molecular complexity index is 553. The van der Waals surface area contributed by atoms with Crippen LogP contribution in [0.25, 0.3) is 0 Å². The third-order valence-electron chi connectivity index (χ3n) is 2.74. The highest BCUT2D eigenvalue weighted by Crippen LogP contribution is 2.26. The van der Waals surface area contributed by atoms with E-state index in [-0.39, 0.29) is 5.75 Å². The van der Waals surface area contributed by atoms with Gasteiger partial charge in [-0.2, -0.15) is 0 Å². The first kappa shape index (κ1) is 13.5. The summed E-state index contributed by atoms with van der Waals surface area (Å²) >= 11 is 0. The Morgan fingerprint density at radius 3 is 1.84 bits per heavy atom. The van der Waals surface area contributed by atoms with Crippen LogP contribution in [0.2, 0.25) is 0 Å². The van der Waals surface area contributed by atoms with Crippen LogP contribution in [0.1, 0.15) is 25.3 Å². The van der Waals surface area contributed by atoms with E-state index < -0.39 is 17.5 Å². The Morgan fingerprint density at radius 1 is 0.842 bits per heavy atom. The van der Waals surface area contributed by atoms with Gasteiger partial charge in [0.1, 0.15) is 11.5 Å². The fraction of sp³-hybridized carbons (Fsp3) is 0.200. The summed E-state index contributed by atoms with van der Waals surface area (Å²) < 4.78 is 44.1. The normalized spacial score (nSPS) is 10.8. The lowest BCUT2D eigenvalue weighted by Crippen LogP contribution is -1.93. The van der Waals surface area contributed by atoms with Crippen LogP contribution in [0.15, 0.2) is 36.4 Å². The predicted octanol–water partition coefficient (Wildman–Crippen LogP) is 5.02. The molecule has 0 atom stereocenters. The minimum absolute atomic E-state index is 0.0753. The van der Waals surface area contributed by atoms with E-state index in [1.165, 1.54) is 0 Å². The highest BCUT2D eigenvalue weighted by Gasteiger charge is 2.11. The SMILES string of the molecule is CC(C)c1ccc(Oc2cc(F)c(F)c(F)c2)cc1. The summed E-state index contributed by atoms with van der Waals surface area (Å²) in [6, 6.07) is 8.78. The molecule has 0 N–H and O–H groups in total. The van der Waals surface area contributed by atoms with Gasteiger partial charge in [0.15, 0.2) is 17.5 Å². The molecule has 0 fully saturated rings. The van der Waals surface area contributed by atoms with E-state index in [0.717, 1.165) is 17.7 Å². The average molecular weight is 266 g/mol. The van der Waals surface area contributed by atoms with Crippen LogP contribution in [0.4, 0.5) is 13.2 Å². The van der Waals surface area contributed by atoms with Gasteiger partial charge in [-0.15, -0.1) is 0 Å². The second-order valence-electron chi connectivity index (χ2n) is 4.53. The molecule has 0 amide bonds. The molecular formula is C15H13F3O. The molecule has 0 spiro atoms. The highest BCUT2D eigenvalue weighted by molar-refractivity contribution is 5.34. The molecule has 0 saturated heterocycles. The second kappa shape index (κ2) is 5.34. The Kier molecular flexibility index (Phi) is 3.79. The molecule has 0 unspecified atom stereocenters. The topological polar surface area (TPSA) is 9.23 Å². The lowest BCUT2D eigenvalue weighted by atomic mass is 10.0. The summed E-state index contributed by atoms with van der Waals surface area (Å²) in [6.07, 6.45) is 0. The number of halogens is 3. The Balaban J connectivity index is 2.21. The van der Waals surface area contributed by atoms with E-state index in [1.54, 1.807) is 12.1 Å². The summed E-state index contributed by atoms with van der Waals surface area (Å²) in [5.74, 6) is -3.29. The lowest BCUT2D eigenvalue weighted by Gasteiger charge is -2.09. The molecular weight excluding hydrogens is 253 g/mol. The smallest absolute Gasteiger partial charge is 0.194 e. The molecule has 0 radical (unpaired) electrons. The van der Waals surface area contributed by atoms with Crippen molar-refractivity contribution in [2.45, 2.75) is 19.8 Å². The zero-order chi connectivity index (χ0) is 14.0. The molecule has 2 aromatic rings. The van der Waals surface area contributed by atoms with Crippen molar-refractivity contribution in [3.63, 3.8) is 0 Å². The Labute approximate surface area is 109 Å². The summed E-state index contributed by atoms with van der Waals surface area (Å²) in [5.41, 5.74) is 1.13. The van der Waals surface area contributed by atoms with Crippen molar-refractivity contribution in [2.75, 3.05) is 0 Å². The molecule has 0 aliphatic rings. The highest BCUT2D eigenvalue weighted by atomic mass is 19.2. The molecule has 2 aromatic carbocycles. The molecule has 100 valence electrons. The van der Waals surface area contributed by atoms with Gasteiger partial charge >= 0.3 is 0 Å². The zero-order valence-corrected chi connectivity index (χ0v) is 10.6. The largest absolute Gasteiger partial charge is 0.457 e. The quantitative estimate of drug-likeness (QED) is 0.709. The van der Waals surface area contributed by atoms with E-state index in [1.807, 2.05) is 12.1 Å². The minimum Gasteiger partial charge on any atom is -0.457 e. The van der Waals surface area contributed by atoms with Crippen LogP contribution in [0, 0.1) is 17.5 Å². The van der Waals surface area contributed by atoms with Crippen LogP contribution in [0.3, 0.4) is 0 Å². The summed E-state index contributed by atoms with van der Waals surface area (Å²) in [5, 5.41) is 0. The number of rotatable bonds is 3. The molecule has 19 heavy (non-hydrogen) atoms. The fourth-order valence-corrected chi connectivity index (χ4v) is 1.65. The number of hydrogen-bond acceptors (Lipinski definition) is 1. The number of hydrogen-bond donors (Lipinski definition) is 0. The molecule has 0 aliphatic carbocycles. The van der Waals surface area contributed by atoms with E-state index >= 15 is 0 Å². The van der Waals surface area contributed by atoms with Gasteiger partial charge in [-0.1, -0.05) is 26.0 Å².